The van der Waals surface area contributed by atoms with Crippen molar-refractivity contribution < 1.29 is 32.1 Å². The molecule has 0 fully saturated rings. The Bertz CT molecular complexity index is 692. The fraction of sp³-hybridized carbons (Fsp3) is 0.333. The third-order valence-electron chi connectivity index (χ3n) is 3.42. The minimum atomic E-state index is -4.77. The van der Waals surface area contributed by atoms with E-state index in [0.717, 1.165) is 0 Å². The Morgan fingerprint density at radius 1 is 1.08 bits per heavy atom. The SMILES string of the molecule is CN(Cc1ccccc1OC(F)(F)F)CC(O)COc1ccc(F)cc1. The van der Waals surface area contributed by atoms with Crippen LogP contribution in [0.15, 0.2) is 48.5 Å². The molecule has 0 aliphatic carbocycles. The number of alkyl halides is 3. The minimum absolute atomic E-state index is 0.0311. The Hall–Kier alpha value is -2.32. The standard InChI is InChI=1S/C18H19F4NO3/c1-23(10-13-4-2-3-5-17(13)26-18(20,21)22)11-15(24)12-25-16-8-6-14(19)7-9-16/h2-9,15,24H,10-12H2,1H3. The van der Waals surface area contributed by atoms with Crippen molar-refractivity contribution in [1.29, 1.82) is 0 Å². The Labute approximate surface area is 148 Å². The van der Waals surface area contributed by atoms with Crippen LogP contribution in [0.4, 0.5) is 17.6 Å². The summed E-state index contributed by atoms with van der Waals surface area (Å²) >= 11 is 0. The molecule has 0 saturated heterocycles. The number of aliphatic hydroxyl groups excluding tert-OH is 1. The van der Waals surface area contributed by atoms with Gasteiger partial charge in [-0.1, -0.05) is 18.2 Å². The first kappa shape index (κ1) is 20.0. The van der Waals surface area contributed by atoms with Gasteiger partial charge >= 0.3 is 6.36 Å². The van der Waals surface area contributed by atoms with E-state index in [0.29, 0.717) is 11.3 Å². The van der Waals surface area contributed by atoms with E-state index in [2.05, 4.69) is 4.74 Å². The number of rotatable bonds is 8. The molecule has 0 aromatic heterocycles. The van der Waals surface area contributed by atoms with Gasteiger partial charge in [-0.3, -0.25) is 4.90 Å². The molecule has 4 nitrogen and oxygen atoms in total. The Morgan fingerprint density at radius 3 is 2.38 bits per heavy atom. The van der Waals surface area contributed by atoms with E-state index in [1.807, 2.05) is 0 Å². The van der Waals surface area contributed by atoms with Gasteiger partial charge in [0.2, 0.25) is 0 Å². The molecule has 2 aromatic carbocycles. The second-order valence-electron chi connectivity index (χ2n) is 5.77. The van der Waals surface area contributed by atoms with Crippen LogP contribution in [0.3, 0.4) is 0 Å². The van der Waals surface area contributed by atoms with E-state index in [4.69, 9.17) is 4.74 Å². The molecule has 8 heteroatoms. The van der Waals surface area contributed by atoms with Crippen molar-refractivity contribution in [2.45, 2.75) is 19.0 Å². The molecule has 26 heavy (non-hydrogen) atoms. The average Bonchev–Trinajstić information content (AvgIpc) is 2.55. The van der Waals surface area contributed by atoms with E-state index in [9.17, 15) is 22.7 Å². The number of ether oxygens (including phenoxy) is 2. The summed E-state index contributed by atoms with van der Waals surface area (Å²) in [5.41, 5.74) is 0.346. The highest BCUT2D eigenvalue weighted by Crippen LogP contribution is 2.27. The molecule has 0 saturated carbocycles. The Kier molecular flexibility index (Phi) is 6.82. The number of halogens is 4. The molecular weight excluding hydrogens is 354 g/mol. The van der Waals surface area contributed by atoms with E-state index in [-0.39, 0.29) is 25.4 Å². The molecule has 0 radical (unpaired) electrons. The summed E-state index contributed by atoms with van der Waals surface area (Å²) in [5, 5.41) is 10.0. The van der Waals surface area contributed by atoms with E-state index < -0.39 is 18.3 Å². The van der Waals surface area contributed by atoms with Gasteiger partial charge in [0.25, 0.3) is 0 Å². The number of hydrogen-bond acceptors (Lipinski definition) is 4. The fourth-order valence-corrected chi connectivity index (χ4v) is 2.35. The van der Waals surface area contributed by atoms with Gasteiger partial charge in [-0.25, -0.2) is 4.39 Å². The summed E-state index contributed by atoms with van der Waals surface area (Å²) in [4.78, 5) is 1.65. The van der Waals surface area contributed by atoms with Crippen LogP contribution in [-0.2, 0) is 6.54 Å². The quantitative estimate of drug-likeness (QED) is 0.718. The maximum absolute atomic E-state index is 12.8. The molecule has 0 spiro atoms. The molecule has 0 heterocycles. The third-order valence-corrected chi connectivity index (χ3v) is 3.42. The molecular formula is C18H19F4NO3. The molecule has 0 bridgehead atoms. The van der Waals surface area contributed by atoms with Crippen LogP contribution in [-0.4, -0.2) is 42.7 Å². The monoisotopic (exact) mass is 373 g/mol. The van der Waals surface area contributed by atoms with Gasteiger partial charge in [-0.05, 0) is 37.4 Å². The molecule has 2 aromatic rings. The lowest BCUT2D eigenvalue weighted by Crippen LogP contribution is -2.33. The van der Waals surface area contributed by atoms with Crippen LogP contribution in [0.1, 0.15) is 5.56 Å². The van der Waals surface area contributed by atoms with Crippen molar-refractivity contribution >= 4 is 0 Å². The zero-order valence-electron chi connectivity index (χ0n) is 14.0. The first-order valence-corrected chi connectivity index (χ1v) is 7.81. The smallest absolute Gasteiger partial charge is 0.491 e. The number of para-hydroxylation sites is 1. The van der Waals surface area contributed by atoms with Crippen LogP contribution >= 0.6 is 0 Å². The summed E-state index contributed by atoms with van der Waals surface area (Å²) in [7, 11) is 1.66. The Morgan fingerprint density at radius 2 is 1.73 bits per heavy atom. The predicted octanol–water partition coefficient (Wildman–Crippen LogP) is 3.60. The average molecular weight is 373 g/mol. The lowest BCUT2D eigenvalue weighted by Gasteiger charge is -2.22. The van der Waals surface area contributed by atoms with E-state index in [1.54, 1.807) is 18.0 Å². The summed E-state index contributed by atoms with van der Waals surface area (Å²) in [6, 6.07) is 11.2. The zero-order valence-corrected chi connectivity index (χ0v) is 14.0. The van der Waals surface area contributed by atoms with Crippen LogP contribution in [0, 0.1) is 5.82 Å². The highest BCUT2D eigenvalue weighted by molar-refractivity contribution is 5.33. The van der Waals surface area contributed by atoms with Crippen molar-refractivity contribution in [3.63, 3.8) is 0 Å². The second-order valence-corrected chi connectivity index (χ2v) is 5.77. The molecule has 0 aliphatic rings. The van der Waals surface area contributed by atoms with Crippen molar-refractivity contribution in [3.05, 3.63) is 59.9 Å². The number of aliphatic hydroxyl groups is 1. The molecule has 2 rings (SSSR count). The summed E-state index contributed by atoms with van der Waals surface area (Å²) in [6.45, 7) is 0.290. The number of hydrogen-bond donors (Lipinski definition) is 1. The van der Waals surface area contributed by atoms with Gasteiger partial charge in [-0.15, -0.1) is 13.2 Å². The van der Waals surface area contributed by atoms with Crippen molar-refractivity contribution in [3.8, 4) is 11.5 Å². The molecule has 1 N–H and O–H groups in total. The largest absolute Gasteiger partial charge is 0.573 e. The highest BCUT2D eigenvalue weighted by atomic mass is 19.4. The molecule has 0 amide bonds. The van der Waals surface area contributed by atoms with Gasteiger partial charge in [0.15, 0.2) is 0 Å². The van der Waals surface area contributed by atoms with Crippen LogP contribution in [0.25, 0.3) is 0 Å². The van der Waals surface area contributed by atoms with Gasteiger partial charge in [0.1, 0.15) is 30.0 Å². The third kappa shape index (κ3) is 6.89. The predicted molar refractivity (Wildman–Crippen MR) is 87.4 cm³/mol. The minimum Gasteiger partial charge on any atom is -0.491 e. The second kappa shape index (κ2) is 8.86. The maximum atomic E-state index is 12.8. The first-order chi connectivity index (χ1) is 12.2. The fourth-order valence-electron chi connectivity index (χ4n) is 2.35. The van der Waals surface area contributed by atoms with Gasteiger partial charge in [0, 0.05) is 18.7 Å². The highest BCUT2D eigenvalue weighted by Gasteiger charge is 2.32. The summed E-state index contributed by atoms with van der Waals surface area (Å²) in [5.74, 6) is -0.252. The van der Waals surface area contributed by atoms with Crippen molar-refractivity contribution in [2.75, 3.05) is 20.2 Å². The van der Waals surface area contributed by atoms with E-state index >= 15 is 0 Å². The lowest BCUT2D eigenvalue weighted by atomic mass is 10.2. The van der Waals surface area contributed by atoms with Crippen molar-refractivity contribution in [1.82, 2.24) is 4.90 Å². The van der Waals surface area contributed by atoms with Gasteiger partial charge < -0.3 is 14.6 Å². The molecule has 0 aliphatic heterocycles. The number of nitrogens with zero attached hydrogens (tertiary/aromatic N) is 1. The van der Waals surface area contributed by atoms with Crippen LogP contribution < -0.4 is 9.47 Å². The molecule has 142 valence electrons. The van der Waals surface area contributed by atoms with Crippen LogP contribution in [0.5, 0.6) is 11.5 Å². The van der Waals surface area contributed by atoms with Gasteiger partial charge in [0.05, 0.1) is 0 Å². The Balaban J connectivity index is 1.86. The first-order valence-electron chi connectivity index (χ1n) is 7.81. The normalized spacial score (nSPS) is 12.9. The lowest BCUT2D eigenvalue weighted by molar-refractivity contribution is -0.275. The topological polar surface area (TPSA) is 41.9 Å². The molecule has 1 unspecified atom stereocenters. The van der Waals surface area contributed by atoms with Crippen LogP contribution in [0.2, 0.25) is 0 Å². The molecule has 1 atom stereocenters. The summed E-state index contributed by atoms with van der Waals surface area (Å²) in [6.07, 6.45) is -5.64. The van der Waals surface area contributed by atoms with Crippen molar-refractivity contribution in [2.24, 2.45) is 0 Å². The number of benzene rings is 2. The zero-order chi connectivity index (χ0) is 19.2. The summed E-state index contributed by atoms with van der Waals surface area (Å²) < 4.78 is 59.5. The van der Waals surface area contributed by atoms with Gasteiger partial charge in [-0.2, -0.15) is 0 Å². The van der Waals surface area contributed by atoms with E-state index in [1.165, 1.54) is 42.5 Å². The number of likely N-dealkylation sites (N-methyl/N-ethyl adjacent to an activating group) is 1. The maximum Gasteiger partial charge on any atom is 0.573 e.